The summed E-state index contributed by atoms with van der Waals surface area (Å²) >= 11 is 0. The zero-order chi connectivity index (χ0) is 13.0. The third kappa shape index (κ3) is 3.09. The van der Waals surface area contributed by atoms with Crippen LogP contribution < -0.4 is 4.90 Å². The Balaban J connectivity index is 2.07. The summed E-state index contributed by atoms with van der Waals surface area (Å²) in [5.74, 6) is 0.0265. The van der Waals surface area contributed by atoms with Gasteiger partial charge in [0.05, 0.1) is 11.9 Å². The van der Waals surface area contributed by atoms with Crippen molar-refractivity contribution in [3.63, 3.8) is 0 Å². The molecule has 18 heavy (non-hydrogen) atoms. The summed E-state index contributed by atoms with van der Waals surface area (Å²) in [6.07, 6.45) is 9.75. The molecule has 1 heterocycles. The van der Waals surface area contributed by atoms with Gasteiger partial charge in [-0.05, 0) is 25.0 Å². The van der Waals surface area contributed by atoms with Crippen LogP contribution in [0.2, 0.25) is 0 Å². The number of anilines is 1. The summed E-state index contributed by atoms with van der Waals surface area (Å²) in [5, 5.41) is 0. The van der Waals surface area contributed by atoms with Crippen LogP contribution in [0.25, 0.3) is 0 Å². The fraction of sp³-hybridized carbons (Fsp3) is 0.600. The van der Waals surface area contributed by atoms with E-state index in [1.54, 1.807) is 6.92 Å². The lowest BCUT2D eigenvalue weighted by Gasteiger charge is -2.29. The van der Waals surface area contributed by atoms with E-state index in [-0.39, 0.29) is 5.78 Å². The summed E-state index contributed by atoms with van der Waals surface area (Å²) in [6.45, 7) is 1.55. The van der Waals surface area contributed by atoms with Crippen molar-refractivity contribution in [3.8, 4) is 0 Å². The Morgan fingerprint density at radius 3 is 2.39 bits per heavy atom. The molecule has 1 fully saturated rings. The summed E-state index contributed by atoms with van der Waals surface area (Å²) in [7, 11) is 2.14. The molecule has 0 radical (unpaired) electrons. The van der Waals surface area contributed by atoms with E-state index in [9.17, 15) is 4.79 Å². The molecule has 0 spiro atoms. The monoisotopic (exact) mass is 246 g/mol. The predicted octanol–water partition coefficient (Wildman–Crippen LogP) is 3.44. The summed E-state index contributed by atoms with van der Waals surface area (Å²) in [6, 6.07) is 4.46. The van der Waals surface area contributed by atoms with Crippen LogP contribution in [0, 0.1) is 0 Å². The van der Waals surface area contributed by atoms with Gasteiger partial charge in [-0.1, -0.05) is 25.7 Å². The van der Waals surface area contributed by atoms with Crippen LogP contribution in [0.3, 0.4) is 0 Å². The van der Waals surface area contributed by atoms with Gasteiger partial charge in [0, 0.05) is 20.0 Å². The SMILES string of the molecule is CC(=O)c1ccc(N(C)C2CCCCCC2)cn1. The first kappa shape index (κ1) is 13.1. The molecular weight excluding hydrogens is 224 g/mol. The summed E-state index contributed by atoms with van der Waals surface area (Å²) < 4.78 is 0. The number of ketones is 1. The Morgan fingerprint density at radius 2 is 1.89 bits per heavy atom. The molecule has 1 aromatic heterocycles. The van der Waals surface area contributed by atoms with Crippen LogP contribution in [-0.2, 0) is 0 Å². The maximum atomic E-state index is 11.2. The molecule has 1 aliphatic rings. The second-order valence-electron chi connectivity index (χ2n) is 5.21. The first-order valence-electron chi connectivity index (χ1n) is 6.88. The average Bonchev–Trinajstić information content (AvgIpc) is 2.67. The van der Waals surface area contributed by atoms with Crippen LogP contribution in [0.5, 0.6) is 0 Å². The number of nitrogens with zero attached hydrogens (tertiary/aromatic N) is 2. The second kappa shape index (κ2) is 5.98. The standard InChI is InChI=1S/C15H22N2O/c1-12(18)15-10-9-14(11-16-15)17(2)13-7-5-3-4-6-8-13/h9-11,13H,3-8H2,1-2H3. The molecule has 1 saturated carbocycles. The van der Waals surface area contributed by atoms with Gasteiger partial charge in [-0.2, -0.15) is 0 Å². The third-order valence-electron chi connectivity index (χ3n) is 3.89. The van der Waals surface area contributed by atoms with E-state index in [0.29, 0.717) is 11.7 Å². The molecule has 0 saturated heterocycles. The maximum Gasteiger partial charge on any atom is 0.178 e. The molecule has 1 aromatic rings. The molecule has 0 aliphatic heterocycles. The van der Waals surface area contributed by atoms with Crippen molar-refractivity contribution >= 4 is 11.5 Å². The zero-order valence-electron chi connectivity index (χ0n) is 11.4. The van der Waals surface area contributed by atoms with Gasteiger partial charge >= 0.3 is 0 Å². The van der Waals surface area contributed by atoms with Crippen LogP contribution >= 0.6 is 0 Å². The van der Waals surface area contributed by atoms with E-state index in [1.165, 1.54) is 38.5 Å². The number of hydrogen-bond donors (Lipinski definition) is 0. The van der Waals surface area contributed by atoms with E-state index >= 15 is 0 Å². The minimum Gasteiger partial charge on any atom is -0.370 e. The van der Waals surface area contributed by atoms with Gasteiger partial charge < -0.3 is 4.90 Å². The molecule has 0 N–H and O–H groups in total. The number of carbonyl (C=O) groups is 1. The van der Waals surface area contributed by atoms with Gasteiger partial charge in [0.1, 0.15) is 5.69 Å². The lowest BCUT2D eigenvalue weighted by atomic mass is 10.1. The highest BCUT2D eigenvalue weighted by Gasteiger charge is 2.17. The number of hydrogen-bond acceptors (Lipinski definition) is 3. The first-order valence-corrected chi connectivity index (χ1v) is 6.88. The van der Waals surface area contributed by atoms with Crippen molar-refractivity contribution in [2.24, 2.45) is 0 Å². The Hall–Kier alpha value is -1.38. The lowest BCUT2D eigenvalue weighted by molar-refractivity contribution is 0.101. The molecule has 0 aromatic carbocycles. The van der Waals surface area contributed by atoms with E-state index in [2.05, 4.69) is 16.9 Å². The molecular formula is C15H22N2O. The topological polar surface area (TPSA) is 33.2 Å². The van der Waals surface area contributed by atoms with Crippen molar-refractivity contribution in [1.82, 2.24) is 4.98 Å². The van der Waals surface area contributed by atoms with Gasteiger partial charge in [-0.3, -0.25) is 9.78 Å². The fourth-order valence-corrected chi connectivity index (χ4v) is 2.66. The van der Waals surface area contributed by atoms with Crippen LogP contribution in [-0.4, -0.2) is 23.9 Å². The quantitative estimate of drug-likeness (QED) is 0.605. The lowest BCUT2D eigenvalue weighted by Crippen LogP contribution is -2.31. The number of Topliss-reactive ketones (excluding diaryl/α,β-unsaturated/α-hetero) is 1. The molecule has 1 aliphatic carbocycles. The smallest absolute Gasteiger partial charge is 0.178 e. The highest BCUT2D eigenvalue weighted by molar-refractivity contribution is 5.92. The van der Waals surface area contributed by atoms with E-state index in [0.717, 1.165) is 5.69 Å². The number of aromatic nitrogens is 1. The van der Waals surface area contributed by atoms with Crippen LogP contribution in [0.4, 0.5) is 5.69 Å². The van der Waals surface area contributed by atoms with Crippen molar-refractivity contribution in [3.05, 3.63) is 24.0 Å². The fourth-order valence-electron chi connectivity index (χ4n) is 2.66. The number of carbonyl (C=O) groups excluding carboxylic acids is 1. The van der Waals surface area contributed by atoms with E-state index < -0.39 is 0 Å². The van der Waals surface area contributed by atoms with Gasteiger partial charge in [-0.15, -0.1) is 0 Å². The largest absolute Gasteiger partial charge is 0.370 e. The second-order valence-corrected chi connectivity index (χ2v) is 5.21. The molecule has 0 atom stereocenters. The molecule has 2 rings (SSSR count). The normalized spacial score (nSPS) is 17.2. The Morgan fingerprint density at radius 1 is 1.22 bits per heavy atom. The summed E-state index contributed by atoms with van der Waals surface area (Å²) in [5.41, 5.74) is 1.67. The van der Waals surface area contributed by atoms with Gasteiger partial charge in [-0.25, -0.2) is 0 Å². The molecule has 0 amide bonds. The molecule has 3 nitrogen and oxygen atoms in total. The van der Waals surface area contributed by atoms with Crippen molar-refractivity contribution < 1.29 is 4.79 Å². The molecule has 98 valence electrons. The Kier molecular flexibility index (Phi) is 4.34. The molecule has 3 heteroatoms. The van der Waals surface area contributed by atoms with Gasteiger partial charge in [0.25, 0.3) is 0 Å². The van der Waals surface area contributed by atoms with Gasteiger partial charge in [0.2, 0.25) is 0 Å². The molecule has 0 bridgehead atoms. The van der Waals surface area contributed by atoms with Gasteiger partial charge in [0.15, 0.2) is 5.78 Å². The molecule has 0 unspecified atom stereocenters. The van der Waals surface area contributed by atoms with E-state index in [4.69, 9.17) is 0 Å². The minimum atomic E-state index is 0.0265. The number of pyridine rings is 1. The summed E-state index contributed by atoms with van der Waals surface area (Å²) in [4.78, 5) is 17.7. The van der Waals surface area contributed by atoms with Crippen molar-refractivity contribution in [2.45, 2.75) is 51.5 Å². The predicted molar refractivity (Wildman–Crippen MR) is 74.1 cm³/mol. The van der Waals surface area contributed by atoms with E-state index in [1.807, 2.05) is 18.3 Å². The zero-order valence-corrected chi connectivity index (χ0v) is 11.4. The van der Waals surface area contributed by atoms with Crippen molar-refractivity contribution in [2.75, 3.05) is 11.9 Å². The minimum absolute atomic E-state index is 0.0265. The highest BCUT2D eigenvalue weighted by atomic mass is 16.1. The van der Waals surface area contributed by atoms with Crippen LogP contribution in [0.1, 0.15) is 55.9 Å². The third-order valence-corrected chi connectivity index (χ3v) is 3.89. The average molecular weight is 246 g/mol. The van der Waals surface area contributed by atoms with Crippen molar-refractivity contribution in [1.29, 1.82) is 0 Å². The Labute approximate surface area is 109 Å². The first-order chi connectivity index (χ1) is 8.68. The Bertz CT molecular complexity index is 391. The highest BCUT2D eigenvalue weighted by Crippen LogP contribution is 2.25. The number of rotatable bonds is 3. The maximum absolute atomic E-state index is 11.2. The van der Waals surface area contributed by atoms with Crippen LogP contribution in [0.15, 0.2) is 18.3 Å².